The van der Waals surface area contributed by atoms with E-state index in [2.05, 4.69) is 19.7 Å². The van der Waals surface area contributed by atoms with Crippen LogP contribution in [0.3, 0.4) is 0 Å². The maximum atomic E-state index is 14.0. The maximum absolute atomic E-state index is 14.0. The summed E-state index contributed by atoms with van der Waals surface area (Å²) in [6, 6.07) is 28.3. The Morgan fingerprint density at radius 2 is 1.45 bits per heavy atom. The van der Waals surface area contributed by atoms with E-state index in [0.29, 0.717) is 24.1 Å². The zero-order valence-corrected chi connectivity index (χ0v) is 26.8. The molecule has 244 valence electrons. The summed E-state index contributed by atoms with van der Waals surface area (Å²) in [5.74, 6) is -0.939. The molecule has 2 saturated heterocycles. The molecule has 0 spiro atoms. The highest BCUT2D eigenvalue weighted by atomic mass is 32.2. The summed E-state index contributed by atoms with van der Waals surface area (Å²) in [7, 11) is -4.42. The predicted octanol–water partition coefficient (Wildman–Crippen LogP) is 3.59. The molecule has 4 heterocycles. The molecule has 2 aliphatic rings. The first-order chi connectivity index (χ1) is 22.7. The molecule has 0 unspecified atom stereocenters. The largest absolute Gasteiger partial charge is 0.347 e. The van der Waals surface area contributed by atoms with E-state index in [4.69, 9.17) is 24.1 Å². The van der Waals surface area contributed by atoms with E-state index in [1.54, 1.807) is 24.7 Å². The molecule has 2 fully saturated rings. The van der Waals surface area contributed by atoms with Crippen molar-refractivity contribution in [1.82, 2.24) is 24.2 Å². The van der Waals surface area contributed by atoms with E-state index >= 15 is 0 Å². The molecule has 0 amide bonds. The zero-order valence-electron chi connectivity index (χ0n) is 26.0. The minimum Gasteiger partial charge on any atom is -0.347 e. The summed E-state index contributed by atoms with van der Waals surface area (Å²) in [6.07, 6.45) is 0.889. The van der Waals surface area contributed by atoms with Crippen molar-refractivity contribution in [2.45, 2.75) is 56.1 Å². The molecule has 0 saturated carbocycles. The number of imidazole rings is 1. The van der Waals surface area contributed by atoms with Crippen molar-refractivity contribution in [1.29, 1.82) is 0 Å². The molecule has 0 aliphatic carbocycles. The second-order valence-corrected chi connectivity index (χ2v) is 13.3. The van der Waals surface area contributed by atoms with Crippen LogP contribution in [0.4, 0.5) is 0 Å². The normalized spacial score (nSPS) is 22.4. The van der Waals surface area contributed by atoms with Crippen LogP contribution in [0.1, 0.15) is 42.5 Å². The Morgan fingerprint density at radius 1 is 0.872 bits per heavy atom. The van der Waals surface area contributed by atoms with Crippen LogP contribution in [-0.2, 0) is 40.7 Å². The number of rotatable bonds is 11. The van der Waals surface area contributed by atoms with Gasteiger partial charge in [-0.15, -0.1) is 0 Å². The lowest BCUT2D eigenvalue weighted by molar-refractivity contribution is -0.198. The molecule has 12 nitrogen and oxygen atoms in total. The molecular formula is C34H36N6O6S. The van der Waals surface area contributed by atoms with Crippen LogP contribution >= 0.6 is 0 Å². The van der Waals surface area contributed by atoms with E-state index in [1.165, 1.54) is 6.33 Å². The first-order valence-corrected chi connectivity index (χ1v) is 16.8. The lowest BCUT2D eigenvalue weighted by Gasteiger charge is -2.36. The standard InChI is InChI=1S/C34H36N6O6S/c1-33(2)45-29-27(44-32(30(29)46-33)40-22-38-28-26(18-19-35)36-21-37-31(28)40)20-43-47(41,42)39-34(23-12-6-3-7-13-23,24-14-8-4-9-15-24)25-16-10-5-11-17-25/h3-17,21-22,27,29-30,32,39H,18-20,35H2,1-2H3/t27-,29-,30-,32-/m1/s1. The van der Waals surface area contributed by atoms with Gasteiger partial charge in [0.15, 0.2) is 17.7 Å². The van der Waals surface area contributed by atoms with Crippen LogP contribution in [0.25, 0.3) is 11.2 Å². The second kappa shape index (κ2) is 12.5. The number of aromatic nitrogens is 4. The van der Waals surface area contributed by atoms with Crippen molar-refractivity contribution < 1.29 is 26.8 Å². The predicted molar refractivity (Wildman–Crippen MR) is 173 cm³/mol. The van der Waals surface area contributed by atoms with Gasteiger partial charge in [-0.2, -0.15) is 13.1 Å². The van der Waals surface area contributed by atoms with Crippen molar-refractivity contribution >= 4 is 21.5 Å². The smallest absolute Gasteiger partial charge is 0.337 e. The number of nitrogens with zero attached hydrogens (tertiary/aromatic N) is 4. The highest BCUT2D eigenvalue weighted by molar-refractivity contribution is 7.84. The molecule has 0 radical (unpaired) electrons. The van der Waals surface area contributed by atoms with E-state index in [1.807, 2.05) is 91.0 Å². The Hall–Kier alpha value is -4.08. The lowest BCUT2D eigenvalue weighted by atomic mass is 9.78. The SMILES string of the molecule is CC1(C)O[C@@H]2[C@H](O1)[C@@H](COS(=O)(=O)NC(c1ccccc1)(c1ccccc1)c1ccccc1)O[C@H]2n1cnc2c(CCN)ncnc21. The average molecular weight is 657 g/mol. The molecule has 47 heavy (non-hydrogen) atoms. The number of hydrogen-bond donors (Lipinski definition) is 2. The van der Waals surface area contributed by atoms with Crippen molar-refractivity contribution in [3.63, 3.8) is 0 Å². The van der Waals surface area contributed by atoms with Crippen LogP contribution in [0, 0.1) is 0 Å². The molecule has 2 aliphatic heterocycles. The molecule has 2 aromatic heterocycles. The van der Waals surface area contributed by atoms with Gasteiger partial charge in [-0.3, -0.25) is 8.75 Å². The Morgan fingerprint density at radius 3 is 2.02 bits per heavy atom. The third-order valence-electron chi connectivity index (χ3n) is 8.50. The molecule has 7 rings (SSSR count). The Bertz CT molecular complexity index is 1840. The minimum absolute atomic E-state index is 0.332. The van der Waals surface area contributed by atoms with Crippen molar-refractivity contribution in [3.05, 3.63) is 126 Å². The van der Waals surface area contributed by atoms with Gasteiger partial charge in [-0.25, -0.2) is 15.0 Å². The third-order valence-corrected chi connectivity index (χ3v) is 9.50. The first-order valence-electron chi connectivity index (χ1n) is 15.4. The van der Waals surface area contributed by atoms with Crippen LogP contribution < -0.4 is 10.5 Å². The van der Waals surface area contributed by atoms with Gasteiger partial charge >= 0.3 is 10.3 Å². The number of ether oxygens (including phenoxy) is 3. The van der Waals surface area contributed by atoms with Gasteiger partial charge in [0, 0.05) is 6.42 Å². The van der Waals surface area contributed by atoms with Gasteiger partial charge in [0.2, 0.25) is 0 Å². The van der Waals surface area contributed by atoms with Gasteiger partial charge in [-0.1, -0.05) is 91.0 Å². The first kappa shape index (κ1) is 31.5. The number of nitrogens with two attached hydrogens (primary N) is 1. The number of nitrogens with one attached hydrogen (secondary N) is 1. The minimum atomic E-state index is -4.42. The molecule has 13 heteroatoms. The summed E-state index contributed by atoms with van der Waals surface area (Å²) in [5.41, 5.74) is 8.54. The Kier molecular flexibility index (Phi) is 8.39. The fourth-order valence-corrected chi connectivity index (χ4v) is 7.64. The topological polar surface area (TPSA) is 153 Å². The Balaban J connectivity index is 1.20. The second-order valence-electron chi connectivity index (χ2n) is 12.0. The molecular weight excluding hydrogens is 620 g/mol. The van der Waals surface area contributed by atoms with Crippen LogP contribution in [-0.4, -0.2) is 65.2 Å². The van der Waals surface area contributed by atoms with Crippen molar-refractivity contribution in [2.24, 2.45) is 5.73 Å². The van der Waals surface area contributed by atoms with Gasteiger partial charge in [-0.05, 0) is 37.1 Å². The lowest BCUT2D eigenvalue weighted by Crippen LogP contribution is -2.49. The summed E-state index contributed by atoms with van der Waals surface area (Å²) in [6.45, 7) is 3.69. The summed E-state index contributed by atoms with van der Waals surface area (Å²) >= 11 is 0. The van der Waals surface area contributed by atoms with Crippen LogP contribution in [0.2, 0.25) is 0 Å². The van der Waals surface area contributed by atoms with Crippen LogP contribution in [0.15, 0.2) is 104 Å². The number of fused-ring (bicyclic) bond motifs is 2. The highest BCUT2D eigenvalue weighted by Gasteiger charge is 2.56. The fourth-order valence-electron chi connectivity index (χ4n) is 6.54. The van der Waals surface area contributed by atoms with Gasteiger partial charge in [0.05, 0.1) is 18.6 Å². The van der Waals surface area contributed by atoms with Gasteiger partial charge < -0.3 is 19.9 Å². The Labute approximate surface area is 273 Å². The number of benzene rings is 3. The molecule has 3 aromatic carbocycles. The van der Waals surface area contributed by atoms with Crippen molar-refractivity contribution in [2.75, 3.05) is 13.2 Å². The summed E-state index contributed by atoms with van der Waals surface area (Å²) < 4.78 is 57.4. The monoisotopic (exact) mass is 656 g/mol. The summed E-state index contributed by atoms with van der Waals surface area (Å²) in [4.78, 5) is 13.3. The molecule has 3 N–H and O–H groups in total. The maximum Gasteiger partial charge on any atom is 0.337 e. The zero-order chi connectivity index (χ0) is 32.6. The highest BCUT2D eigenvalue weighted by Crippen LogP contribution is 2.44. The van der Waals surface area contributed by atoms with Crippen molar-refractivity contribution in [3.8, 4) is 0 Å². The van der Waals surface area contributed by atoms with E-state index in [9.17, 15) is 8.42 Å². The number of hydrogen-bond acceptors (Lipinski definition) is 10. The van der Waals surface area contributed by atoms with E-state index < -0.39 is 46.2 Å². The molecule has 4 atom stereocenters. The van der Waals surface area contributed by atoms with E-state index in [0.717, 1.165) is 22.4 Å². The fraction of sp³-hybridized carbons (Fsp3) is 0.324. The quantitative estimate of drug-likeness (QED) is 0.202. The average Bonchev–Trinajstić information content (AvgIpc) is 3.75. The van der Waals surface area contributed by atoms with Gasteiger partial charge in [0.1, 0.15) is 35.7 Å². The van der Waals surface area contributed by atoms with E-state index in [-0.39, 0.29) is 6.61 Å². The molecule has 0 bridgehead atoms. The van der Waals surface area contributed by atoms with Crippen LogP contribution in [0.5, 0.6) is 0 Å². The molecule has 5 aromatic rings. The summed E-state index contributed by atoms with van der Waals surface area (Å²) in [5, 5.41) is 0. The third kappa shape index (κ3) is 5.95. The van der Waals surface area contributed by atoms with Gasteiger partial charge in [0.25, 0.3) is 0 Å².